The van der Waals surface area contributed by atoms with Gasteiger partial charge in [0.2, 0.25) is 0 Å². The van der Waals surface area contributed by atoms with Crippen LogP contribution >= 0.6 is 0 Å². The van der Waals surface area contributed by atoms with Crippen molar-refractivity contribution in [3.8, 4) is 5.75 Å². The Kier molecular flexibility index (Phi) is 7.02. The lowest BCUT2D eigenvalue weighted by Crippen LogP contribution is -2.38. The molecule has 1 rings (SSSR count). The highest BCUT2D eigenvalue weighted by Crippen LogP contribution is 2.31. The second kappa shape index (κ2) is 8.27. The van der Waals surface area contributed by atoms with Gasteiger partial charge in [0.25, 0.3) is 0 Å². The second-order valence-electron chi connectivity index (χ2n) is 5.30. The summed E-state index contributed by atoms with van der Waals surface area (Å²) in [6, 6.07) is 0.0778. The fraction of sp³-hybridized carbons (Fsp3) is 0.800. The van der Waals surface area contributed by atoms with E-state index in [9.17, 15) is 0 Å². The molecule has 0 spiro atoms. The predicted molar refractivity (Wildman–Crippen MR) is 81.1 cm³/mol. The molecule has 1 aromatic heterocycles. The summed E-state index contributed by atoms with van der Waals surface area (Å²) in [4.78, 5) is 0. The maximum atomic E-state index is 5.72. The Morgan fingerprint density at radius 1 is 1.30 bits per heavy atom. The van der Waals surface area contributed by atoms with Gasteiger partial charge in [-0.25, -0.2) is 0 Å². The Balaban J connectivity index is 3.21. The van der Waals surface area contributed by atoms with Crippen molar-refractivity contribution in [3.63, 3.8) is 0 Å². The van der Waals surface area contributed by atoms with E-state index in [1.807, 2.05) is 4.68 Å². The summed E-state index contributed by atoms with van der Waals surface area (Å²) in [5.74, 6) is 1.23. The highest BCUT2D eigenvalue weighted by atomic mass is 16.5. The van der Waals surface area contributed by atoms with E-state index in [4.69, 9.17) is 9.47 Å². The third-order valence-electron chi connectivity index (χ3n) is 3.48. The largest absolute Gasteiger partial charge is 0.493 e. The fourth-order valence-corrected chi connectivity index (χ4v) is 2.62. The molecular formula is C15H29N3O2. The number of hydrogen-bond donors (Lipinski definition) is 1. The zero-order valence-corrected chi connectivity index (χ0v) is 13.6. The third-order valence-corrected chi connectivity index (χ3v) is 3.48. The molecule has 0 saturated heterocycles. The van der Waals surface area contributed by atoms with Gasteiger partial charge in [-0.15, -0.1) is 0 Å². The highest BCUT2D eigenvalue weighted by Gasteiger charge is 2.31. The average molecular weight is 283 g/mol. The molecule has 1 heterocycles. The summed E-state index contributed by atoms with van der Waals surface area (Å²) in [5, 5.41) is 7.98. The number of rotatable bonds is 9. The Morgan fingerprint density at radius 3 is 2.45 bits per heavy atom. The van der Waals surface area contributed by atoms with Crippen molar-refractivity contribution in [2.45, 2.75) is 52.8 Å². The minimum atomic E-state index is 0.0778. The minimum Gasteiger partial charge on any atom is -0.493 e. The van der Waals surface area contributed by atoms with Gasteiger partial charge in [-0.05, 0) is 18.9 Å². The maximum Gasteiger partial charge on any atom is 0.161 e. The molecule has 2 unspecified atom stereocenters. The van der Waals surface area contributed by atoms with Gasteiger partial charge < -0.3 is 14.8 Å². The van der Waals surface area contributed by atoms with E-state index in [0.29, 0.717) is 5.92 Å². The molecule has 0 bridgehead atoms. The second-order valence-corrected chi connectivity index (χ2v) is 5.30. The quantitative estimate of drug-likeness (QED) is 0.757. The molecule has 0 saturated carbocycles. The lowest BCUT2D eigenvalue weighted by atomic mass is 9.96. The molecule has 116 valence electrons. The lowest BCUT2D eigenvalue weighted by molar-refractivity contribution is 0.0298. The standard InChI is InChI=1S/C15H29N3O2/c1-7-9-18-14(12(19-5)10-17-18)13(16-8-2)15(20-6)11(3)4/h10-11,13,15-16H,7-9H2,1-6H3. The Morgan fingerprint density at radius 2 is 2.00 bits per heavy atom. The molecule has 1 aromatic rings. The topological polar surface area (TPSA) is 48.3 Å². The molecule has 0 aliphatic carbocycles. The highest BCUT2D eigenvalue weighted by molar-refractivity contribution is 5.29. The van der Waals surface area contributed by atoms with Gasteiger partial charge >= 0.3 is 0 Å². The number of likely N-dealkylation sites (N-methyl/N-ethyl adjacent to an activating group) is 1. The van der Waals surface area contributed by atoms with Crippen LogP contribution in [0.4, 0.5) is 0 Å². The van der Waals surface area contributed by atoms with Gasteiger partial charge in [-0.3, -0.25) is 4.68 Å². The minimum absolute atomic E-state index is 0.0778. The van der Waals surface area contributed by atoms with Crippen LogP contribution < -0.4 is 10.1 Å². The SMILES string of the molecule is CCCn1ncc(OC)c1C(NCC)C(OC)C(C)C. The average Bonchev–Trinajstić information content (AvgIpc) is 2.81. The monoisotopic (exact) mass is 283 g/mol. The first kappa shape index (κ1) is 17.0. The molecule has 2 atom stereocenters. The molecular weight excluding hydrogens is 254 g/mol. The van der Waals surface area contributed by atoms with Crippen LogP contribution in [-0.4, -0.2) is 36.6 Å². The predicted octanol–water partition coefficient (Wildman–Crippen LogP) is 2.62. The molecule has 0 radical (unpaired) electrons. The summed E-state index contributed by atoms with van der Waals surface area (Å²) in [7, 11) is 3.46. The summed E-state index contributed by atoms with van der Waals surface area (Å²) in [5.41, 5.74) is 1.08. The van der Waals surface area contributed by atoms with E-state index >= 15 is 0 Å². The first-order chi connectivity index (χ1) is 9.60. The number of ether oxygens (including phenoxy) is 2. The van der Waals surface area contributed by atoms with Crippen molar-refractivity contribution in [2.75, 3.05) is 20.8 Å². The molecule has 0 aliphatic heterocycles. The van der Waals surface area contributed by atoms with E-state index in [0.717, 1.165) is 31.0 Å². The van der Waals surface area contributed by atoms with Crippen molar-refractivity contribution in [2.24, 2.45) is 5.92 Å². The smallest absolute Gasteiger partial charge is 0.161 e. The first-order valence-electron chi connectivity index (χ1n) is 7.46. The van der Waals surface area contributed by atoms with E-state index in [1.54, 1.807) is 20.4 Å². The van der Waals surface area contributed by atoms with Crippen LogP contribution in [0.15, 0.2) is 6.20 Å². The number of hydrogen-bond acceptors (Lipinski definition) is 4. The summed E-state index contributed by atoms with van der Waals surface area (Å²) in [6.07, 6.45) is 2.91. The number of aryl methyl sites for hydroxylation is 1. The Labute approximate surface area is 122 Å². The van der Waals surface area contributed by atoms with E-state index in [1.165, 1.54) is 0 Å². The number of nitrogens with one attached hydrogen (secondary N) is 1. The van der Waals surface area contributed by atoms with Gasteiger partial charge in [0.05, 0.1) is 31.1 Å². The van der Waals surface area contributed by atoms with Crippen molar-refractivity contribution < 1.29 is 9.47 Å². The number of aromatic nitrogens is 2. The van der Waals surface area contributed by atoms with Crippen LogP contribution in [0, 0.1) is 5.92 Å². The van der Waals surface area contributed by atoms with Crippen LogP contribution in [0.25, 0.3) is 0 Å². The molecule has 5 heteroatoms. The fourth-order valence-electron chi connectivity index (χ4n) is 2.62. The van der Waals surface area contributed by atoms with E-state index in [-0.39, 0.29) is 12.1 Å². The molecule has 5 nitrogen and oxygen atoms in total. The van der Waals surface area contributed by atoms with Crippen molar-refractivity contribution >= 4 is 0 Å². The third kappa shape index (κ3) is 3.73. The Bertz CT molecular complexity index is 390. The van der Waals surface area contributed by atoms with Gasteiger partial charge in [-0.2, -0.15) is 5.10 Å². The van der Waals surface area contributed by atoms with Gasteiger partial charge in [0, 0.05) is 13.7 Å². The molecule has 0 aliphatic rings. The van der Waals surface area contributed by atoms with Gasteiger partial charge in [-0.1, -0.05) is 27.7 Å². The maximum absolute atomic E-state index is 5.72. The van der Waals surface area contributed by atoms with Crippen LogP contribution in [0.2, 0.25) is 0 Å². The van der Waals surface area contributed by atoms with Crippen molar-refractivity contribution in [1.29, 1.82) is 0 Å². The van der Waals surface area contributed by atoms with Crippen LogP contribution in [0.3, 0.4) is 0 Å². The number of methoxy groups -OCH3 is 2. The van der Waals surface area contributed by atoms with E-state index in [2.05, 4.69) is 38.1 Å². The lowest BCUT2D eigenvalue weighted by Gasteiger charge is -2.30. The van der Waals surface area contributed by atoms with Crippen LogP contribution in [0.5, 0.6) is 5.75 Å². The summed E-state index contributed by atoms with van der Waals surface area (Å²) in [6.45, 7) is 10.4. The molecule has 1 N–H and O–H groups in total. The first-order valence-corrected chi connectivity index (χ1v) is 7.46. The zero-order valence-electron chi connectivity index (χ0n) is 13.6. The van der Waals surface area contributed by atoms with Crippen molar-refractivity contribution in [1.82, 2.24) is 15.1 Å². The molecule has 20 heavy (non-hydrogen) atoms. The van der Waals surface area contributed by atoms with Gasteiger partial charge in [0.1, 0.15) is 0 Å². The molecule has 0 fully saturated rings. The van der Waals surface area contributed by atoms with Crippen LogP contribution in [0.1, 0.15) is 45.9 Å². The zero-order chi connectivity index (χ0) is 15.1. The summed E-state index contributed by atoms with van der Waals surface area (Å²) >= 11 is 0. The van der Waals surface area contributed by atoms with Gasteiger partial charge in [0.15, 0.2) is 5.75 Å². The normalized spacial score (nSPS) is 14.6. The number of nitrogens with zero attached hydrogens (tertiary/aromatic N) is 2. The van der Waals surface area contributed by atoms with Crippen molar-refractivity contribution in [3.05, 3.63) is 11.9 Å². The molecule has 0 aromatic carbocycles. The van der Waals surface area contributed by atoms with E-state index < -0.39 is 0 Å². The van der Waals surface area contributed by atoms with Crippen LogP contribution in [-0.2, 0) is 11.3 Å². The Hall–Kier alpha value is -1.07. The molecule has 0 amide bonds. The summed E-state index contributed by atoms with van der Waals surface area (Å²) < 4.78 is 13.2.